The van der Waals surface area contributed by atoms with Gasteiger partial charge in [-0.25, -0.2) is 9.18 Å². The highest BCUT2D eigenvalue weighted by molar-refractivity contribution is 8.13. The number of carboxylic acids is 1. The molecule has 5 nitrogen and oxygen atoms in total. The largest absolute Gasteiger partial charge is 0.480 e. The van der Waals surface area contributed by atoms with Crippen molar-refractivity contribution in [2.24, 2.45) is 0 Å². The lowest BCUT2D eigenvalue weighted by atomic mass is 10.1. The van der Waals surface area contributed by atoms with Crippen LogP contribution in [0, 0.1) is 0 Å². The zero-order valence-electron chi connectivity index (χ0n) is 11.4. The third-order valence-corrected chi connectivity index (χ3v) is 3.48. The molecule has 0 spiro atoms. The summed E-state index contributed by atoms with van der Waals surface area (Å²) < 4.78 is 13.5. The SMILES string of the molecule is CC(=O)SCC(F)C(=O)N[C@@H](Cc1ccccc1)C(=O)O. The van der Waals surface area contributed by atoms with Crippen molar-refractivity contribution in [3.05, 3.63) is 35.9 Å². The van der Waals surface area contributed by atoms with E-state index in [1.807, 2.05) is 0 Å². The van der Waals surface area contributed by atoms with Crippen LogP contribution >= 0.6 is 11.8 Å². The summed E-state index contributed by atoms with van der Waals surface area (Å²) in [6, 6.07) is 7.52. The van der Waals surface area contributed by atoms with Crippen LogP contribution in [0.4, 0.5) is 4.39 Å². The average molecular weight is 313 g/mol. The lowest BCUT2D eigenvalue weighted by Crippen LogP contribution is -2.46. The Morgan fingerprint density at radius 2 is 1.90 bits per heavy atom. The maximum atomic E-state index is 13.5. The van der Waals surface area contributed by atoms with E-state index in [9.17, 15) is 18.8 Å². The Bertz CT molecular complexity index is 509. The molecule has 0 saturated heterocycles. The number of hydrogen-bond acceptors (Lipinski definition) is 4. The topological polar surface area (TPSA) is 83.5 Å². The molecule has 0 fully saturated rings. The third kappa shape index (κ3) is 6.40. The van der Waals surface area contributed by atoms with Gasteiger partial charge in [-0.05, 0) is 5.56 Å². The first kappa shape index (κ1) is 17.2. The summed E-state index contributed by atoms with van der Waals surface area (Å²) >= 11 is 0.685. The van der Waals surface area contributed by atoms with Gasteiger partial charge in [0, 0.05) is 19.1 Å². The summed E-state index contributed by atoms with van der Waals surface area (Å²) in [5.74, 6) is -2.58. The second-order valence-electron chi connectivity index (χ2n) is 4.36. The number of thioether (sulfide) groups is 1. The van der Waals surface area contributed by atoms with Gasteiger partial charge in [-0.3, -0.25) is 9.59 Å². The van der Waals surface area contributed by atoms with Gasteiger partial charge in [-0.2, -0.15) is 0 Å². The molecule has 0 aliphatic heterocycles. The Morgan fingerprint density at radius 3 is 2.43 bits per heavy atom. The van der Waals surface area contributed by atoms with Crippen molar-refractivity contribution >= 4 is 28.8 Å². The predicted octanol–water partition coefficient (Wildman–Crippen LogP) is 1.42. The lowest BCUT2D eigenvalue weighted by molar-refractivity contribution is -0.142. The van der Waals surface area contributed by atoms with Gasteiger partial charge in [0.2, 0.25) is 0 Å². The first-order valence-corrected chi connectivity index (χ1v) is 7.23. The first-order valence-electron chi connectivity index (χ1n) is 6.24. The average Bonchev–Trinajstić information content (AvgIpc) is 2.44. The molecule has 2 N–H and O–H groups in total. The zero-order valence-corrected chi connectivity index (χ0v) is 12.2. The molecule has 0 heterocycles. The van der Waals surface area contributed by atoms with Gasteiger partial charge in [-0.15, -0.1) is 0 Å². The fourth-order valence-corrected chi connectivity index (χ4v) is 2.11. The fourth-order valence-electron chi connectivity index (χ4n) is 1.58. The highest BCUT2D eigenvalue weighted by Crippen LogP contribution is 2.08. The molecule has 21 heavy (non-hydrogen) atoms. The number of hydrogen-bond donors (Lipinski definition) is 2. The number of nitrogens with one attached hydrogen (secondary N) is 1. The van der Waals surface area contributed by atoms with E-state index < -0.39 is 24.1 Å². The molecule has 0 aliphatic rings. The van der Waals surface area contributed by atoms with E-state index in [-0.39, 0.29) is 17.3 Å². The Hall–Kier alpha value is -1.89. The highest BCUT2D eigenvalue weighted by atomic mass is 32.2. The highest BCUT2D eigenvalue weighted by Gasteiger charge is 2.25. The number of benzene rings is 1. The van der Waals surface area contributed by atoms with E-state index in [1.165, 1.54) is 6.92 Å². The fraction of sp³-hybridized carbons (Fsp3) is 0.357. The maximum Gasteiger partial charge on any atom is 0.326 e. The number of carbonyl (C=O) groups is 3. The van der Waals surface area contributed by atoms with E-state index in [0.717, 1.165) is 5.56 Å². The maximum absolute atomic E-state index is 13.5. The number of aliphatic carboxylic acids is 1. The summed E-state index contributed by atoms with van der Waals surface area (Å²) in [7, 11) is 0. The molecule has 1 aromatic carbocycles. The molecule has 0 aromatic heterocycles. The molecule has 1 unspecified atom stereocenters. The van der Waals surface area contributed by atoms with Crippen LogP contribution in [-0.2, 0) is 20.8 Å². The number of carbonyl (C=O) groups excluding carboxylic acids is 2. The van der Waals surface area contributed by atoms with Crippen LogP contribution in [0.15, 0.2) is 30.3 Å². The van der Waals surface area contributed by atoms with Crippen LogP contribution in [0.25, 0.3) is 0 Å². The van der Waals surface area contributed by atoms with Crippen molar-refractivity contribution in [2.45, 2.75) is 25.6 Å². The van der Waals surface area contributed by atoms with Gasteiger partial charge in [0.05, 0.1) is 0 Å². The minimum Gasteiger partial charge on any atom is -0.480 e. The summed E-state index contributed by atoms with van der Waals surface area (Å²) in [4.78, 5) is 33.4. The third-order valence-electron chi connectivity index (χ3n) is 2.61. The monoisotopic (exact) mass is 313 g/mol. The molecule has 114 valence electrons. The Morgan fingerprint density at radius 1 is 1.29 bits per heavy atom. The molecule has 2 atom stereocenters. The van der Waals surface area contributed by atoms with E-state index >= 15 is 0 Å². The molecule has 7 heteroatoms. The van der Waals surface area contributed by atoms with Gasteiger partial charge < -0.3 is 10.4 Å². The zero-order chi connectivity index (χ0) is 15.8. The van der Waals surface area contributed by atoms with Gasteiger partial charge >= 0.3 is 5.97 Å². The number of carboxylic acid groups (broad SMARTS) is 1. The van der Waals surface area contributed by atoms with Crippen LogP contribution < -0.4 is 5.32 Å². The van der Waals surface area contributed by atoms with Crippen LogP contribution in [0.5, 0.6) is 0 Å². The molecular formula is C14H16FNO4S. The summed E-state index contributed by atoms with van der Waals surface area (Å²) in [6.07, 6.45) is -1.86. The van der Waals surface area contributed by atoms with Crippen molar-refractivity contribution in [3.8, 4) is 0 Å². The van der Waals surface area contributed by atoms with Crippen LogP contribution in [-0.4, -0.2) is 40.1 Å². The minimum atomic E-state index is -1.92. The number of rotatable bonds is 7. The molecule has 0 bridgehead atoms. The Balaban J connectivity index is 2.60. The second-order valence-corrected chi connectivity index (χ2v) is 5.56. The van der Waals surface area contributed by atoms with Crippen molar-refractivity contribution in [2.75, 3.05) is 5.75 Å². The van der Waals surface area contributed by atoms with Crippen molar-refractivity contribution in [1.82, 2.24) is 5.32 Å². The molecule has 0 saturated carbocycles. The lowest BCUT2D eigenvalue weighted by Gasteiger charge is -2.16. The molecule has 1 rings (SSSR count). The number of amides is 1. The normalized spacial score (nSPS) is 13.2. The van der Waals surface area contributed by atoms with Crippen LogP contribution in [0.1, 0.15) is 12.5 Å². The van der Waals surface area contributed by atoms with Gasteiger partial charge in [0.25, 0.3) is 5.91 Å². The quantitative estimate of drug-likeness (QED) is 0.795. The molecular weight excluding hydrogens is 297 g/mol. The molecule has 1 aromatic rings. The van der Waals surface area contributed by atoms with E-state index in [1.54, 1.807) is 30.3 Å². The van der Waals surface area contributed by atoms with Crippen molar-refractivity contribution in [3.63, 3.8) is 0 Å². The number of halogens is 1. The summed E-state index contributed by atoms with van der Waals surface area (Å²) in [6.45, 7) is 1.27. The smallest absolute Gasteiger partial charge is 0.326 e. The standard InChI is InChI=1S/C14H16FNO4S/c1-9(17)21-8-11(15)13(18)16-12(14(19)20)7-10-5-3-2-4-6-10/h2-6,11-12H,7-8H2,1H3,(H,16,18)(H,19,20)/t11?,12-/m0/s1. The van der Waals surface area contributed by atoms with Gasteiger partial charge in [-0.1, -0.05) is 42.1 Å². The predicted molar refractivity (Wildman–Crippen MR) is 77.7 cm³/mol. The van der Waals surface area contributed by atoms with E-state index in [0.29, 0.717) is 11.8 Å². The number of alkyl halides is 1. The van der Waals surface area contributed by atoms with Crippen molar-refractivity contribution in [1.29, 1.82) is 0 Å². The first-order chi connectivity index (χ1) is 9.90. The van der Waals surface area contributed by atoms with Gasteiger partial charge in [0.1, 0.15) is 6.04 Å². The van der Waals surface area contributed by atoms with Crippen molar-refractivity contribution < 1.29 is 23.9 Å². The summed E-state index contributed by atoms with van der Waals surface area (Å²) in [5.41, 5.74) is 0.721. The Labute approximate surface area is 125 Å². The second kappa shape index (κ2) is 8.41. The van der Waals surface area contributed by atoms with Crippen LogP contribution in [0.3, 0.4) is 0 Å². The molecule has 1 amide bonds. The van der Waals surface area contributed by atoms with Gasteiger partial charge in [0.15, 0.2) is 11.3 Å². The molecule has 0 radical (unpaired) electrons. The summed E-state index contributed by atoms with van der Waals surface area (Å²) in [5, 5.41) is 10.9. The van der Waals surface area contributed by atoms with Crippen LogP contribution in [0.2, 0.25) is 0 Å². The van der Waals surface area contributed by atoms with E-state index in [2.05, 4.69) is 5.32 Å². The Kier molecular flexibility index (Phi) is 6.87. The minimum absolute atomic E-state index is 0.0640. The van der Waals surface area contributed by atoms with E-state index in [4.69, 9.17) is 5.11 Å². The molecule has 0 aliphatic carbocycles.